The molecule has 2 N–H and O–H groups in total. The molecule has 2 aliphatic rings. The molecule has 0 aromatic carbocycles. The van der Waals surface area contributed by atoms with Crippen LogP contribution in [0.5, 0.6) is 0 Å². The van der Waals surface area contributed by atoms with Crippen LogP contribution in [0.25, 0.3) is 0 Å². The summed E-state index contributed by atoms with van der Waals surface area (Å²) >= 11 is 0. The van der Waals surface area contributed by atoms with Crippen molar-refractivity contribution in [3.63, 3.8) is 0 Å². The number of amides is 2. The Morgan fingerprint density at radius 1 is 1.37 bits per heavy atom. The van der Waals surface area contributed by atoms with E-state index in [0.717, 1.165) is 18.5 Å². The van der Waals surface area contributed by atoms with E-state index in [-0.39, 0.29) is 18.8 Å². The first-order valence-corrected chi connectivity index (χ1v) is 6.30. The Hall–Kier alpha value is -1.79. The Kier molecular flexibility index (Phi) is 2.83. The average molecular weight is 268 g/mol. The molecule has 0 aliphatic heterocycles. The Labute approximate surface area is 108 Å². The summed E-state index contributed by atoms with van der Waals surface area (Å²) in [5.41, 5.74) is 0.917. The van der Waals surface area contributed by atoms with Gasteiger partial charge in [0, 0.05) is 36.7 Å². The summed E-state index contributed by atoms with van der Waals surface area (Å²) in [7, 11) is 0. The first kappa shape index (κ1) is 12.3. The Bertz CT molecular complexity index is 496. The number of hydrogen-bond donors (Lipinski definition) is 2. The van der Waals surface area contributed by atoms with Gasteiger partial charge >= 0.3 is 6.03 Å². The fourth-order valence-corrected chi connectivity index (χ4v) is 2.13. The minimum Gasteiger partial charge on any atom is -0.335 e. The van der Waals surface area contributed by atoms with Crippen molar-refractivity contribution in [1.82, 2.24) is 15.3 Å². The van der Waals surface area contributed by atoms with Crippen molar-refractivity contribution in [3.8, 4) is 0 Å². The molecule has 0 saturated heterocycles. The van der Waals surface area contributed by atoms with Crippen LogP contribution in [0.3, 0.4) is 0 Å². The zero-order valence-electron chi connectivity index (χ0n) is 10.2. The lowest BCUT2D eigenvalue weighted by Gasteiger charge is -2.35. The molecule has 0 atom stereocenters. The number of anilines is 1. The normalized spacial score (nSPS) is 21.6. The van der Waals surface area contributed by atoms with Crippen LogP contribution in [0.1, 0.15) is 37.3 Å². The number of hydrogen-bond acceptors (Lipinski definition) is 3. The van der Waals surface area contributed by atoms with Gasteiger partial charge in [-0.05, 0) is 18.9 Å². The van der Waals surface area contributed by atoms with E-state index in [1.54, 1.807) is 6.20 Å². The topological polar surface area (TPSA) is 66.9 Å². The number of aromatic nitrogens is 2. The average Bonchev–Trinajstić information content (AvgIpc) is 3.10. The van der Waals surface area contributed by atoms with Gasteiger partial charge in [0.15, 0.2) is 0 Å². The molecule has 102 valence electrons. The van der Waals surface area contributed by atoms with E-state index in [1.807, 2.05) is 6.07 Å². The van der Waals surface area contributed by atoms with Crippen LogP contribution in [-0.4, -0.2) is 28.0 Å². The zero-order valence-corrected chi connectivity index (χ0v) is 10.2. The molecule has 2 aliphatic carbocycles. The maximum absolute atomic E-state index is 12.6. The fraction of sp³-hybridized carbons (Fsp3) is 0.583. The largest absolute Gasteiger partial charge is 0.335 e. The van der Waals surface area contributed by atoms with Crippen LogP contribution in [0.2, 0.25) is 0 Å². The highest BCUT2D eigenvalue weighted by Crippen LogP contribution is 2.39. The number of nitrogens with one attached hydrogen (secondary N) is 2. The molecular formula is C12H14F2N4O. The van der Waals surface area contributed by atoms with Gasteiger partial charge in [0.25, 0.3) is 5.92 Å². The number of carbonyl (C=O) groups is 1. The number of rotatable bonds is 3. The summed E-state index contributed by atoms with van der Waals surface area (Å²) < 4.78 is 25.2. The van der Waals surface area contributed by atoms with Gasteiger partial charge in [0.1, 0.15) is 0 Å². The first-order valence-electron chi connectivity index (χ1n) is 6.30. The van der Waals surface area contributed by atoms with E-state index in [9.17, 15) is 13.6 Å². The molecule has 1 aromatic rings. The van der Waals surface area contributed by atoms with Gasteiger partial charge in [-0.2, -0.15) is 0 Å². The van der Waals surface area contributed by atoms with Crippen molar-refractivity contribution >= 4 is 12.0 Å². The van der Waals surface area contributed by atoms with Crippen molar-refractivity contribution in [3.05, 3.63) is 18.0 Å². The quantitative estimate of drug-likeness (QED) is 0.883. The molecule has 3 rings (SSSR count). The van der Waals surface area contributed by atoms with Crippen LogP contribution in [0.4, 0.5) is 19.5 Å². The highest BCUT2D eigenvalue weighted by atomic mass is 19.3. The molecule has 1 aromatic heterocycles. The lowest BCUT2D eigenvalue weighted by molar-refractivity contribution is -0.0893. The zero-order chi connectivity index (χ0) is 13.5. The molecule has 2 fully saturated rings. The van der Waals surface area contributed by atoms with Crippen LogP contribution in [-0.2, 0) is 0 Å². The summed E-state index contributed by atoms with van der Waals surface area (Å²) in [4.78, 5) is 19.7. The third-order valence-electron chi connectivity index (χ3n) is 3.32. The van der Waals surface area contributed by atoms with Gasteiger partial charge in [-0.1, -0.05) is 0 Å². The highest BCUT2D eigenvalue weighted by molar-refractivity contribution is 5.87. The molecule has 0 unspecified atom stereocenters. The second-order valence-electron chi connectivity index (χ2n) is 5.14. The van der Waals surface area contributed by atoms with Crippen LogP contribution in [0, 0.1) is 0 Å². The third kappa shape index (κ3) is 2.97. The summed E-state index contributed by atoms with van der Waals surface area (Å²) in [6, 6.07) is 0.822. The Morgan fingerprint density at radius 3 is 2.74 bits per heavy atom. The molecule has 0 bridgehead atoms. The van der Waals surface area contributed by atoms with Gasteiger partial charge in [-0.3, -0.25) is 5.32 Å². The third-order valence-corrected chi connectivity index (χ3v) is 3.32. The lowest BCUT2D eigenvalue weighted by atomic mass is 9.88. The van der Waals surface area contributed by atoms with Gasteiger partial charge < -0.3 is 5.32 Å². The van der Waals surface area contributed by atoms with Crippen LogP contribution < -0.4 is 10.6 Å². The fourth-order valence-electron chi connectivity index (χ4n) is 2.13. The van der Waals surface area contributed by atoms with Crippen molar-refractivity contribution in [2.45, 2.75) is 43.6 Å². The first-order chi connectivity index (χ1) is 9.02. The van der Waals surface area contributed by atoms with Crippen molar-refractivity contribution in [2.24, 2.45) is 0 Å². The molecule has 0 spiro atoms. The van der Waals surface area contributed by atoms with Crippen molar-refractivity contribution in [2.75, 3.05) is 5.32 Å². The van der Waals surface area contributed by atoms with Gasteiger partial charge in [-0.25, -0.2) is 23.5 Å². The Morgan fingerprint density at radius 2 is 2.11 bits per heavy atom. The molecule has 0 radical (unpaired) electrons. The molecule has 7 heteroatoms. The van der Waals surface area contributed by atoms with Gasteiger partial charge in [0.05, 0.1) is 0 Å². The van der Waals surface area contributed by atoms with Gasteiger partial charge in [0.2, 0.25) is 5.95 Å². The van der Waals surface area contributed by atoms with E-state index in [1.165, 1.54) is 0 Å². The van der Waals surface area contributed by atoms with Crippen molar-refractivity contribution < 1.29 is 13.6 Å². The minimum atomic E-state index is -2.64. The highest BCUT2D eigenvalue weighted by Gasteiger charge is 2.45. The van der Waals surface area contributed by atoms with E-state index >= 15 is 0 Å². The number of alkyl halides is 2. The molecule has 1 heterocycles. The number of urea groups is 1. The monoisotopic (exact) mass is 268 g/mol. The predicted molar refractivity (Wildman–Crippen MR) is 64.1 cm³/mol. The van der Waals surface area contributed by atoms with Crippen LogP contribution in [0.15, 0.2) is 12.3 Å². The van der Waals surface area contributed by atoms with Crippen LogP contribution >= 0.6 is 0 Å². The SMILES string of the molecule is O=C(Nc1nccc(C2CC2)n1)NC1CC(F)(F)C1. The standard InChI is InChI=1S/C12H14F2N4O/c13-12(14)5-8(6-12)16-11(19)18-10-15-4-3-9(17-10)7-1-2-7/h3-4,7-8H,1-2,5-6H2,(H2,15,16,17,18,19). The van der Waals surface area contributed by atoms with E-state index in [4.69, 9.17) is 0 Å². The molecule has 19 heavy (non-hydrogen) atoms. The Balaban J connectivity index is 1.53. The summed E-state index contributed by atoms with van der Waals surface area (Å²) in [6.45, 7) is 0. The summed E-state index contributed by atoms with van der Waals surface area (Å²) in [6.07, 6.45) is 3.21. The van der Waals surface area contributed by atoms with E-state index < -0.39 is 18.0 Å². The molecule has 2 saturated carbocycles. The van der Waals surface area contributed by atoms with E-state index in [2.05, 4.69) is 20.6 Å². The summed E-state index contributed by atoms with van der Waals surface area (Å²) in [5, 5.41) is 4.95. The molecule has 2 amide bonds. The van der Waals surface area contributed by atoms with Gasteiger partial charge in [-0.15, -0.1) is 0 Å². The lowest BCUT2D eigenvalue weighted by Crippen LogP contribution is -2.51. The van der Waals surface area contributed by atoms with E-state index in [0.29, 0.717) is 5.92 Å². The smallest absolute Gasteiger partial charge is 0.321 e. The summed E-state index contributed by atoms with van der Waals surface area (Å²) in [5.74, 6) is -1.95. The second kappa shape index (κ2) is 4.40. The number of carbonyl (C=O) groups excluding carboxylic acids is 1. The second-order valence-corrected chi connectivity index (χ2v) is 5.14. The predicted octanol–water partition coefficient (Wildman–Crippen LogP) is 2.27. The molecular weight excluding hydrogens is 254 g/mol. The maximum Gasteiger partial charge on any atom is 0.321 e. The number of nitrogens with zero attached hydrogens (tertiary/aromatic N) is 2. The molecule has 5 nitrogen and oxygen atoms in total. The maximum atomic E-state index is 12.6. The minimum absolute atomic E-state index is 0.216. The van der Waals surface area contributed by atoms with Crippen molar-refractivity contribution in [1.29, 1.82) is 0 Å². The number of halogens is 2.